The first kappa shape index (κ1) is 20.4. The van der Waals surface area contributed by atoms with Crippen molar-refractivity contribution in [3.63, 3.8) is 0 Å². The number of aromatic nitrogens is 4. The molecule has 28 heavy (non-hydrogen) atoms. The monoisotopic (exact) mass is 413 g/mol. The highest BCUT2D eigenvalue weighted by Crippen LogP contribution is 2.24. The fraction of sp³-hybridized carbons (Fsp3) is 0.350. The summed E-state index contributed by atoms with van der Waals surface area (Å²) in [4.78, 5) is 21.2. The smallest absolute Gasteiger partial charge is 0.227 e. The number of aryl methyl sites for hydroxylation is 1. The highest BCUT2D eigenvalue weighted by atomic mass is 32.2. The maximum atomic E-state index is 12.2. The lowest BCUT2D eigenvalue weighted by Crippen LogP contribution is -2.12. The van der Waals surface area contributed by atoms with Crippen LogP contribution in [0.5, 0.6) is 0 Å². The van der Waals surface area contributed by atoms with E-state index < -0.39 is 0 Å². The molecule has 0 aliphatic heterocycles. The second-order valence-corrected chi connectivity index (χ2v) is 8.93. The maximum absolute atomic E-state index is 12.2. The standard InChI is InChI=1S/C20H23N5OS2/c1-13(2)11-19-24-25-20(28-19)23-17(26)9-10-27-18-12-16(21-14(3)22-18)15-7-5-4-6-8-15/h4-8,12-13H,9-11H2,1-3H3,(H,23,25,26). The first-order chi connectivity index (χ1) is 13.5. The molecule has 1 aromatic carbocycles. The Kier molecular flexibility index (Phi) is 7.11. The molecule has 0 unspecified atom stereocenters. The average molecular weight is 414 g/mol. The van der Waals surface area contributed by atoms with Crippen molar-refractivity contribution in [2.45, 2.75) is 38.6 Å². The van der Waals surface area contributed by atoms with Crippen LogP contribution in [0.3, 0.4) is 0 Å². The van der Waals surface area contributed by atoms with Crippen molar-refractivity contribution in [2.75, 3.05) is 11.1 Å². The van der Waals surface area contributed by atoms with Crippen LogP contribution in [0.4, 0.5) is 5.13 Å². The van der Waals surface area contributed by atoms with Gasteiger partial charge in [0.05, 0.1) is 5.69 Å². The van der Waals surface area contributed by atoms with Gasteiger partial charge in [-0.2, -0.15) is 0 Å². The zero-order valence-corrected chi connectivity index (χ0v) is 17.8. The maximum Gasteiger partial charge on any atom is 0.227 e. The topological polar surface area (TPSA) is 80.7 Å². The molecule has 3 rings (SSSR count). The molecule has 0 saturated heterocycles. The first-order valence-corrected chi connectivity index (χ1v) is 11.0. The second kappa shape index (κ2) is 9.75. The molecule has 0 fully saturated rings. The number of carbonyl (C=O) groups excluding carboxylic acids is 1. The van der Waals surface area contributed by atoms with Crippen LogP contribution in [-0.2, 0) is 11.2 Å². The van der Waals surface area contributed by atoms with E-state index in [2.05, 4.69) is 39.3 Å². The quantitative estimate of drug-likeness (QED) is 0.429. The largest absolute Gasteiger partial charge is 0.301 e. The number of anilines is 1. The lowest BCUT2D eigenvalue weighted by Gasteiger charge is -2.06. The minimum Gasteiger partial charge on any atom is -0.301 e. The third-order valence-electron chi connectivity index (χ3n) is 3.76. The predicted molar refractivity (Wildman–Crippen MR) is 115 cm³/mol. The summed E-state index contributed by atoms with van der Waals surface area (Å²) in [6.45, 7) is 6.15. The minimum absolute atomic E-state index is 0.0613. The van der Waals surface area contributed by atoms with E-state index in [1.165, 1.54) is 11.3 Å². The van der Waals surface area contributed by atoms with Gasteiger partial charge < -0.3 is 5.32 Å². The molecule has 2 aromatic heterocycles. The third kappa shape index (κ3) is 6.10. The number of nitrogens with zero attached hydrogens (tertiary/aromatic N) is 4. The van der Waals surface area contributed by atoms with Gasteiger partial charge in [-0.15, -0.1) is 22.0 Å². The summed E-state index contributed by atoms with van der Waals surface area (Å²) in [5.74, 6) is 1.81. The highest BCUT2D eigenvalue weighted by Gasteiger charge is 2.10. The molecule has 8 heteroatoms. The van der Waals surface area contributed by atoms with Crippen LogP contribution in [0.2, 0.25) is 0 Å². The van der Waals surface area contributed by atoms with Crippen LogP contribution in [-0.4, -0.2) is 31.8 Å². The van der Waals surface area contributed by atoms with E-state index in [4.69, 9.17) is 0 Å². The van der Waals surface area contributed by atoms with Crippen LogP contribution in [0.1, 0.15) is 31.1 Å². The Hall–Kier alpha value is -2.32. The van der Waals surface area contributed by atoms with Crippen LogP contribution >= 0.6 is 23.1 Å². The number of rotatable bonds is 8. The molecule has 2 heterocycles. The molecular weight excluding hydrogens is 390 g/mol. The van der Waals surface area contributed by atoms with Gasteiger partial charge in [0.2, 0.25) is 11.0 Å². The fourth-order valence-corrected chi connectivity index (χ4v) is 4.39. The fourth-order valence-electron chi connectivity index (χ4n) is 2.54. The van der Waals surface area contributed by atoms with Crippen molar-refractivity contribution in [2.24, 2.45) is 5.92 Å². The van der Waals surface area contributed by atoms with Crippen LogP contribution in [0, 0.1) is 12.8 Å². The van der Waals surface area contributed by atoms with Crippen molar-refractivity contribution in [1.29, 1.82) is 0 Å². The lowest BCUT2D eigenvalue weighted by atomic mass is 10.1. The molecule has 0 atom stereocenters. The predicted octanol–water partition coefficient (Wildman–Crippen LogP) is 4.62. The van der Waals surface area contributed by atoms with Crippen LogP contribution < -0.4 is 5.32 Å². The zero-order chi connectivity index (χ0) is 19.9. The zero-order valence-electron chi connectivity index (χ0n) is 16.2. The summed E-state index contributed by atoms with van der Waals surface area (Å²) in [5.41, 5.74) is 1.95. The van der Waals surface area contributed by atoms with Gasteiger partial charge in [-0.1, -0.05) is 55.5 Å². The van der Waals surface area contributed by atoms with Crippen molar-refractivity contribution < 1.29 is 4.79 Å². The Balaban J connectivity index is 1.52. The molecule has 3 aromatic rings. The summed E-state index contributed by atoms with van der Waals surface area (Å²) in [6, 6.07) is 12.0. The summed E-state index contributed by atoms with van der Waals surface area (Å²) >= 11 is 2.99. The third-order valence-corrected chi connectivity index (χ3v) is 5.53. The molecule has 0 saturated carbocycles. The van der Waals surface area contributed by atoms with Crippen LogP contribution in [0.25, 0.3) is 11.3 Å². The molecule has 6 nitrogen and oxygen atoms in total. The molecule has 1 N–H and O–H groups in total. The summed E-state index contributed by atoms with van der Waals surface area (Å²) in [6.07, 6.45) is 1.26. The Bertz CT molecular complexity index is 927. The van der Waals surface area contributed by atoms with E-state index in [0.717, 1.165) is 33.5 Å². The number of thioether (sulfide) groups is 1. The van der Waals surface area contributed by atoms with E-state index in [9.17, 15) is 4.79 Å². The molecule has 0 aliphatic carbocycles. The van der Waals surface area contributed by atoms with Crippen LogP contribution in [0.15, 0.2) is 41.4 Å². The Morgan fingerprint density at radius 1 is 1.18 bits per heavy atom. The second-order valence-electron chi connectivity index (χ2n) is 6.75. The van der Waals surface area contributed by atoms with E-state index in [0.29, 0.717) is 23.2 Å². The van der Waals surface area contributed by atoms with Gasteiger partial charge in [0.1, 0.15) is 15.9 Å². The van der Waals surface area contributed by atoms with Crippen molar-refractivity contribution >= 4 is 34.1 Å². The number of amides is 1. The van der Waals surface area contributed by atoms with Crippen molar-refractivity contribution in [1.82, 2.24) is 20.2 Å². The summed E-state index contributed by atoms with van der Waals surface area (Å²) in [5, 5.41) is 13.4. The number of carbonyl (C=O) groups is 1. The molecule has 0 bridgehead atoms. The van der Waals surface area contributed by atoms with E-state index in [1.54, 1.807) is 11.8 Å². The number of hydrogen-bond donors (Lipinski definition) is 1. The van der Waals surface area contributed by atoms with Gasteiger partial charge in [-0.25, -0.2) is 9.97 Å². The van der Waals surface area contributed by atoms with Gasteiger partial charge in [-0.05, 0) is 18.9 Å². The molecule has 0 spiro atoms. The van der Waals surface area contributed by atoms with Gasteiger partial charge in [-0.3, -0.25) is 4.79 Å². The molecule has 0 aliphatic rings. The average Bonchev–Trinajstić information content (AvgIpc) is 3.08. The van der Waals surface area contributed by atoms with Gasteiger partial charge >= 0.3 is 0 Å². The minimum atomic E-state index is -0.0613. The Labute approximate surface area is 173 Å². The lowest BCUT2D eigenvalue weighted by molar-refractivity contribution is -0.115. The summed E-state index contributed by atoms with van der Waals surface area (Å²) < 4.78 is 0. The number of nitrogens with one attached hydrogen (secondary N) is 1. The number of hydrogen-bond acceptors (Lipinski definition) is 7. The normalized spacial score (nSPS) is 11.0. The highest BCUT2D eigenvalue weighted by molar-refractivity contribution is 7.99. The van der Waals surface area contributed by atoms with Crippen molar-refractivity contribution in [3.8, 4) is 11.3 Å². The van der Waals surface area contributed by atoms with Gasteiger partial charge in [0.25, 0.3) is 0 Å². The van der Waals surface area contributed by atoms with E-state index in [-0.39, 0.29) is 5.91 Å². The van der Waals surface area contributed by atoms with Gasteiger partial charge in [0, 0.05) is 24.2 Å². The number of benzene rings is 1. The Morgan fingerprint density at radius 3 is 2.71 bits per heavy atom. The van der Waals surface area contributed by atoms with E-state index >= 15 is 0 Å². The molecule has 1 amide bonds. The Morgan fingerprint density at radius 2 is 1.96 bits per heavy atom. The molecule has 146 valence electrons. The molecular formula is C20H23N5OS2. The van der Waals surface area contributed by atoms with Gasteiger partial charge in [0.15, 0.2) is 0 Å². The van der Waals surface area contributed by atoms with E-state index in [1.807, 2.05) is 43.3 Å². The van der Waals surface area contributed by atoms with Crippen molar-refractivity contribution in [3.05, 3.63) is 47.2 Å². The molecule has 0 radical (unpaired) electrons. The SMILES string of the molecule is Cc1nc(SCCC(=O)Nc2nnc(CC(C)C)s2)cc(-c2ccccc2)n1. The first-order valence-electron chi connectivity index (χ1n) is 9.15. The summed E-state index contributed by atoms with van der Waals surface area (Å²) in [7, 11) is 0.